The number of carbonyl (C=O) groups excluding carboxylic acids is 2. The van der Waals surface area contributed by atoms with Crippen LogP contribution in [-0.4, -0.2) is 18.4 Å². The molecule has 2 atom stereocenters. The van der Waals surface area contributed by atoms with E-state index >= 15 is 0 Å². The fraction of sp³-hybridized carbons (Fsp3) is 0.333. The normalized spacial score (nSPS) is 20.8. The first-order chi connectivity index (χ1) is 11.1. The third kappa shape index (κ3) is 3.01. The number of nitrogens with one attached hydrogen (secondary N) is 1. The molecule has 0 saturated carbocycles. The van der Waals surface area contributed by atoms with E-state index in [-0.39, 0.29) is 30.2 Å². The van der Waals surface area contributed by atoms with Gasteiger partial charge in [0.1, 0.15) is 0 Å². The van der Waals surface area contributed by atoms with Gasteiger partial charge in [0.2, 0.25) is 11.8 Å². The van der Waals surface area contributed by atoms with Gasteiger partial charge in [0.25, 0.3) is 0 Å². The molecule has 0 radical (unpaired) electrons. The highest BCUT2D eigenvalue weighted by atomic mass is 32.1. The fourth-order valence-corrected chi connectivity index (χ4v) is 3.95. The van der Waals surface area contributed by atoms with Gasteiger partial charge in [-0.2, -0.15) is 0 Å². The summed E-state index contributed by atoms with van der Waals surface area (Å²) in [4.78, 5) is 27.9. The van der Waals surface area contributed by atoms with Crippen molar-refractivity contribution in [3.63, 3.8) is 0 Å². The van der Waals surface area contributed by atoms with Crippen LogP contribution in [0.15, 0.2) is 41.8 Å². The van der Waals surface area contributed by atoms with Crippen LogP contribution in [0.2, 0.25) is 0 Å². The summed E-state index contributed by atoms with van der Waals surface area (Å²) in [6.07, 6.45) is 0.252. The summed E-state index contributed by atoms with van der Waals surface area (Å²) >= 11 is 1.59. The molecule has 4 nitrogen and oxygen atoms in total. The topological polar surface area (TPSA) is 49.4 Å². The molecule has 0 aliphatic carbocycles. The molecule has 2 amide bonds. The number of nitrogens with zero attached hydrogens (tertiary/aromatic N) is 1. The molecule has 120 valence electrons. The summed E-state index contributed by atoms with van der Waals surface area (Å²) in [5.41, 5.74) is 2.00. The largest absolute Gasteiger partial charge is 0.356 e. The van der Waals surface area contributed by atoms with E-state index in [1.165, 1.54) is 0 Å². The first-order valence-corrected chi connectivity index (χ1v) is 8.69. The van der Waals surface area contributed by atoms with Crippen molar-refractivity contribution < 1.29 is 9.59 Å². The molecular weight excluding hydrogens is 308 g/mol. The number of aryl methyl sites for hydroxylation is 1. The second-order valence-corrected chi connectivity index (χ2v) is 6.74. The maximum absolute atomic E-state index is 12.6. The lowest BCUT2D eigenvalue weighted by Gasteiger charge is -2.27. The maximum Gasteiger partial charge on any atom is 0.228 e. The molecule has 1 aromatic heterocycles. The van der Waals surface area contributed by atoms with Gasteiger partial charge in [-0.15, -0.1) is 11.3 Å². The minimum atomic E-state index is -0.345. The van der Waals surface area contributed by atoms with Crippen molar-refractivity contribution in [3.05, 3.63) is 52.2 Å². The van der Waals surface area contributed by atoms with Crippen LogP contribution in [0.5, 0.6) is 0 Å². The third-order valence-electron chi connectivity index (χ3n) is 4.16. The van der Waals surface area contributed by atoms with Crippen molar-refractivity contribution in [1.29, 1.82) is 0 Å². The Morgan fingerprint density at radius 3 is 2.65 bits per heavy atom. The van der Waals surface area contributed by atoms with Gasteiger partial charge in [-0.05, 0) is 37.4 Å². The van der Waals surface area contributed by atoms with Gasteiger partial charge in [-0.3, -0.25) is 9.59 Å². The highest BCUT2D eigenvalue weighted by molar-refractivity contribution is 7.10. The molecule has 2 heterocycles. The number of rotatable bonds is 4. The van der Waals surface area contributed by atoms with Gasteiger partial charge in [0.05, 0.1) is 12.0 Å². The highest BCUT2D eigenvalue weighted by Gasteiger charge is 2.45. The zero-order valence-electron chi connectivity index (χ0n) is 13.3. The van der Waals surface area contributed by atoms with Gasteiger partial charge in [-0.25, -0.2) is 0 Å². The molecule has 23 heavy (non-hydrogen) atoms. The number of thiophene rings is 1. The monoisotopic (exact) mass is 328 g/mol. The maximum atomic E-state index is 12.6. The van der Waals surface area contributed by atoms with Gasteiger partial charge < -0.3 is 10.2 Å². The predicted molar refractivity (Wildman–Crippen MR) is 92.5 cm³/mol. The van der Waals surface area contributed by atoms with E-state index < -0.39 is 0 Å². The number of amides is 2. The second kappa shape index (κ2) is 6.54. The number of hydrogen-bond donors (Lipinski definition) is 1. The lowest BCUT2D eigenvalue weighted by Crippen LogP contribution is -2.35. The molecule has 1 N–H and O–H groups in total. The molecule has 3 rings (SSSR count). The molecule has 1 fully saturated rings. The predicted octanol–water partition coefficient (Wildman–Crippen LogP) is 3.29. The minimum Gasteiger partial charge on any atom is -0.356 e. The van der Waals surface area contributed by atoms with E-state index in [1.54, 1.807) is 16.2 Å². The van der Waals surface area contributed by atoms with Crippen LogP contribution in [0.25, 0.3) is 0 Å². The van der Waals surface area contributed by atoms with Crippen LogP contribution in [-0.2, 0) is 9.59 Å². The van der Waals surface area contributed by atoms with Crippen molar-refractivity contribution in [2.45, 2.75) is 26.3 Å². The minimum absolute atomic E-state index is 0.00325. The summed E-state index contributed by atoms with van der Waals surface area (Å²) < 4.78 is 0. The first-order valence-electron chi connectivity index (χ1n) is 7.81. The molecule has 1 aromatic carbocycles. The molecule has 2 unspecified atom stereocenters. The summed E-state index contributed by atoms with van der Waals surface area (Å²) in [6.45, 7) is 4.49. The molecular formula is C18H20N2O2S. The molecule has 1 aliphatic heterocycles. The summed E-state index contributed by atoms with van der Waals surface area (Å²) in [7, 11) is 0. The standard InChI is InChI=1S/C18H20N2O2S/c1-3-19-18(22)14-11-16(21)20(13-8-6-12(2)7-9-13)17(14)15-5-4-10-23-15/h4-10,14,17H,3,11H2,1-2H3,(H,19,22). The van der Waals surface area contributed by atoms with Crippen LogP contribution < -0.4 is 10.2 Å². The van der Waals surface area contributed by atoms with Gasteiger partial charge in [0.15, 0.2) is 0 Å². The number of hydrogen-bond acceptors (Lipinski definition) is 3. The fourth-order valence-electron chi connectivity index (χ4n) is 3.07. The summed E-state index contributed by atoms with van der Waals surface area (Å²) in [5, 5.41) is 4.85. The van der Waals surface area contributed by atoms with E-state index in [0.29, 0.717) is 6.54 Å². The Bertz CT molecular complexity index is 694. The van der Waals surface area contributed by atoms with Crippen molar-refractivity contribution >= 4 is 28.8 Å². The average Bonchev–Trinajstić information content (AvgIpc) is 3.16. The van der Waals surface area contributed by atoms with E-state index in [0.717, 1.165) is 16.1 Å². The zero-order chi connectivity index (χ0) is 16.4. The van der Waals surface area contributed by atoms with Crippen molar-refractivity contribution in [2.75, 3.05) is 11.4 Å². The van der Waals surface area contributed by atoms with Gasteiger partial charge in [-0.1, -0.05) is 23.8 Å². The molecule has 0 spiro atoms. The Kier molecular flexibility index (Phi) is 4.48. The van der Waals surface area contributed by atoms with Crippen molar-refractivity contribution in [3.8, 4) is 0 Å². The van der Waals surface area contributed by atoms with Crippen LogP contribution >= 0.6 is 11.3 Å². The first kappa shape index (κ1) is 15.7. The van der Waals surface area contributed by atoms with E-state index in [2.05, 4.69) is 5.32 Å². The average molecular weight is 328 g/mol. The Morgan fingerprint density at radius 1 is 1.30 bits per heavy atom. The van der Waals surface area contributed by atoms with Crippen LogP contribution in [0.1, 0.15) is 29.8 Å². The van der Waals surface area contributed by atoms with E-state index in [1.807, 2.05) is 55.6 Å². The highest BCUT2D eigenvalue weighted by Crippen LogP contribution is 2.42. The SMILES string of the molecule is CCNC(=O)C1CC(=O)N(c2ccc(C)cc2)C1c1cccs1. The summed E-state index contributed by atoms with van der Waals surface area (Å²) in [5.74, 6) is -0.389. The van der Waals surface area contributed by atoms with Gasteiger partial charge in [0, 0.05) is 23.5 Å². The zero-order valence-corrected chi connectivity index (χ0v) is 14.1. The van der Waals surface area contributed by atoms with Gasteiger partial charge >= 0.3 is 0 Å². The molecule has 1 aliphatic rings. The van der Waals surface area contributed by atoms with Crippen LogP contribution in [0.3, 0.4) is 0 Å². The quantitative estimate of drug-likeness (QED) is 0.936. The second-order valence-electron chi connectivity index (χ2n) is 5.76. The Hall–Kier alpha value is -2.14. The lowest BCUT2D eigenvalue weighted by molar-refractivity contribution is -0.126. The Balaban J connectivity index is 2.01. The van der Waals surface area contributed by atoms with Crippen molar-refractivity contribution in [1.82, 2.24) is 5.32 Å². The number of benzene rings is 1. The number of carbonyl (C=O) groups is 2. The lowest BCUT2D eigenvalue weighted by atomic mass is 9.97. The Labute approximate surface area is 140 Å². The van der Waals surface area contributed by atoms with Crippen molar-refractivity contribution in [2.24, 2.45) is 5.92 Å². The smallest absolute Gasteiger partial charge is 0.228 e. The van der Waals surface area contributed by atoms with Crippen LogP contribution in [0.4, 0.5) is 5.69 Å². The number of anilines is 1. The van der Waals surface area contributed by atoms with Crippen LogP contribution in [0, 0.1) is 12.8 Å². The molecule has 2 aromatic rings. The van der Waals surface area contributed by atoms with E-state index in [4.69, 9.17) is 0 Å². The molecule has 1 saturated heterocycles. The Morgan fingerprint density at radius 2 is 2.04 bits per heavy atom. The third-order valence-corrected chi connectivity index (χ3v) is 5.10. The van der Waals surface area contributed by atoms with E-state index in [9.17, 15) is 9.59 Å². The molecule has 5 heteroatoms. The summed E-state index contributed by atoms with van der Waals surface area (Å²) in [6, 6.07) is 11.6. The molecule has 0 bridgehead atoms.